The summed E-state index contributed by atoms with van der Waals surface area (Å²) in [7, 11) is 4.30. The summed E-state index contributed by atoms with van der Waals surface area (Å²) >= 11 is 0. The molecule has 9 nitrogen and oxygen atoms in total. The number of fused-ring (bicyclic) bond motifs is 1. The lowest BCUT2D eigenvalue weighted by Crippen LogP contribution is -2.16. The summed E-state index contributed by atoms with van der Waals surface area (Å²) in [5.41, 5.74) is 1.65. The van der Waals surface area contributed by atoms with Gasteiger partial charge in [-0.05, 0) is 48.5 Å². The molecule has 32 heavy (non-hydrogen) atoms. The molecular weight excluding hydrogens is 414 g/mol. The Morgan fingerprint density at radius 2 is 1.81 bits per heavy atom. The molecule has 1 aliphatic rings. The number of nitrogens with zero attached hydrogens (tertiary/aromatic N) is 1. The van der Waals surface area contributed by atoms with Crippen LogP contribution in [0.2, 0.25) is 0 Å². The van der Waals surface area contributed by atoms with Crippen LogP contribution in [0.3, 0.4) is 0 Å². The molecule has 4 rings (SSSR count). The molecule has 2 heterocycles. The second-order valence-corrected chi connectivity index (χ2v) is 6.85. The van der Waals surface area contributed by atoms with Gasteiger partial charge in [-0.3, -0.25) is 4.79 Å². The van der Waals surface area contributed by atoms with Crippen molar-refractivity contribution in [3.8, 4) is 17.2 Å². The minimum Gasteiger partial charge on any atom is -0.493 e. The number of hydrogen-bond donors (Lipinski definition) is 2. The van der Waals surface area contributed by atoms with Gasteiger partial charge >= 0.3 is 5.97 Å². The number of ether oxygens (including phenoxy) is 4. The molecule has 164 valence electrons. The summed E-state index contributed by atoms with van der Waals surface area (Å²) in [5, 5.41) is 5.96. The molecule has 0 saturated heterocycles. The number of methoxy groups -OCH3 is 3. The molecule has 0 aliphatic carbocycles. The molecule has 0 radical (unpaired) electrons. The average Bonchev–Trinajstić information content (AvgIpc) is 3.27. The molecule has 0 spiro atoms. The van der Waals surface area contributed by atoms with Crippen LogP contribution < -0.4 is 24.8 Å². The summed E-state index contributed by atoms with van der Waals surface area (Å²) in [4.78, 5) is 29.3. The third-order valence-electron chi connectivity index (χ3n) is 4.87. The zero-order valence-electron chi connectivity index (χ0n) is 17.7. The van der Waals surface area contributed by atoms with Crippen molar-refractivity contribution in [2.45, 2.75) is 6.23 Å². The van der Waals surface area contributed by atoms with Crippen molar-refractivity contribution in [3.63, 3.8) is 0 Å². The quantitative estimate of drug-likeness (QED) is 0.565. The topological polar surface area (TPSA) is 108 Å². The van der Waals surface area contributed by atoms with Gasteiger partial charge in [-0.15, -0.1) is 0 Å². The van der Waals surface area contributed by atoms with E-state index in [1.807, 2.05) is 0 Å². The number of nitrogens with one attached hydrogen (secondary N) is 2. The van der Waals surface area contributed by atoms with Gasteiger partial charge in [0.25, 0.3) is 5.91 Å². The lowest BCUT2D eigenvalue weighted by atomic mass is 10.1. The summed E-state index contributed by atoms with van der Waals surface area (Å²) in [5.74, 6) is 1.20. The first-order chi connectivity index (χ1) is 15.5. The highest BCUT2D eigenvalue weighted by molar-refractivity contribution is 6.05. The standard InChI is InChI=1S/C23H21N3O6/c1-29-17-7-6-13(12-19(17)30-2)21(27)25-16-10-14(9-15(11-16)23(28)31-3)22-26-20-18(32-22)5-4-8-24-20/h4-12,22H,1-3H3,(H,24,26)(H,25,27). The average molecular weight is 435 g/mol. The fourth-order valence-electron chi connectivity index (χ4n) is 3.32. The first-order valence-corrected chi connectivity index (χ1v) is 9.67. The van der Waals surface area contributed by atoms with Gasteiger partial charge in [0.2, 0.25) is 0 Å². The number of hydrogen-bond acceptors (Lipinski definition) is 8. The van der Waals surface area contributed by atoms with Crippen LogP contribution >= 0.6 is 0 Å². The molecule has 0 saturated carbocycles. The van der Waals surface area contributed by atoms with Crippen LogP contribution in [-0.4, -0.2) is 38.2 Å². The molecule has 0 fully saturated rings. The smallest absolute Gasteiger partial charge is 0.337 e. The third-order valence-corrected chi connectivity index (χ3v) is 4.87. The van der Waals surface area contributed by atoms with Crippen LogP contribution in [0.15, 0.2) is 54.7 Å². The molecular formula is C23H21N3O6. The first kappa shape index (κ1) is 21.0. The Labute approximate surface area is 184 Å². The van der Waals surface area contributed by atoms with Crippen molar-refractivity contribution in [1.29, 1.82) is 0 Å². The minimum atomic E-state index is -0.582. The maximum atomic E-state index is 12.9. The van der Waals surface area contributed by atoms with E-state index in [1.54, 1.807) is 48.7 Å². The van der Waals surface area contributed by atoms with Crippen LogP contribution in [0.5, 0.6) is 17.2 Å². The van der Waals surface area contributed by atoms with Crippen molar-refractivity contribution in [1.82, 2.24) is 4.98 Å². The van der Waals surface area contributed by atoms with Crippen LogP contribution in [0, 0.1) is 0 Å². The van der Waals surface area contributed by atoms with Gasteiger partial charge in [0, 0.05) is 23.0 Å². The fourth-order valence-corrected chi connectivity index (χ4v) is 3.32. The molecule has 2 N–H and O–H groups in total. The lowest BCUT2D eigenvalue weighted by Gasteiger charge is -2.15. The summed E-state index contributed by atoms with van der Waals surface area (Å²) in [6.45, 7) is 0. The summed E-state index contributed by atoms with van der Waals surface area (Å²) in [6, 6.07) is 13.3. The molecule has 2 aromatic carbocycles. The second kappa shape index (κ2) is 8.84. The first-order valence-electron chi connectivity index (χ1n) is 9.67. The number of amides is 1. The number of anilines is 2. The monoisotopic (exact) mass is 435 g/mol. The summed E-state index contributed by atoms with van der Waals surface area (Å²) < 4.78 is 21.2. The highest BCUT2D eigenvalue weighted by Crippen LogP contribution is 2.37. The van der Waals surface area contributed by atoms with Gasteiger partial charge in [0.05, 0.1) is 26.9 Å². The SMILES string of the molecule is COC(=O)c1cc(NC(=O)c2ccc(OC)c(OC)c2)cc(C2Nc3ncccc3O2)c1. The highest BCUT2D eigenvalue weighted by atomic mass is 16.5. The van der Waals surface area contributed by atoms with Gasteiger partial charge in [0.1, 0.15) is 0 Å². The van der Waals surface area contributed by atoms with E-state index in [2.05, 4.69) is 15.6 Å². The molecule has 0 bridgehead atoms. The van der Waals surface area contributed by atoms with Crippen molar-refractivity contribution < 1.29 is 28.5 Å². The lowest BCUT2D eigenvalue weighted by molar-refractivity contribution is 0.0600. The van der Waals surface area contributed by atoms with Crippen molar-refractivity contribution >= 4 is 23.4 Å². The van der Waals surface area contributed by atoms with Crippen LogP contribution in [0.1, 0.15) is 32.5 Å². The Hall–Kier alpha value is -4.27. The van der Waals surface area contributed by atoms with E-state index in [0.29, 0.717) is 39.9 Å². The van der Waals surface area contributed by atoms with Crippen LogP contribution in [0.25, 0.3) is 0 Å². The zero-order valence-corrected chi connectivity index (χ0v) is 17.7. The van der Waals surface area contributed by atoms with Crippen LogP contribution in [0.4, 0.5) is 11.5 Å². The van der Waals surface area contributed by atoms with Gasteiger partial charge in [-0.2, -0.15) is 0 Å². The van der Waals surface area contributed by atoms with E-state index in [0.717, 1.165) is 0 Å². The third kappa shape index (κ3) is 4.13. The normalized spacial score (nSPS) is 13.9. The number of benzene rings is 2. The zero-order chi connectivity index (χ0) is 22.7. The molecule has 1 aromatic heterocycles. The Kier molecular flexibility index (Phi) is 5.80. The molecule has 1 amide bonds. The molecule has 1 atom stereocenters. The number of esters is 1. The van der Waals surface area contributed by atoms with E-state index < -0.39 is 12.2 Å². The Balaban J connectivity index is 1.63. The number of carbonyl (C=O) groups is 2. The van der Waals surface area contributed by atoms with Crippen molar-refractivity contribution in [2.75, 3.05) is 32.0 Å². The predicted molar refractivity (Wildman–Crippen MR) is 117 cm³/mol. The van der Waals surface area contributed by atoms with Gasteiger partial charge < -0.3 is 29.6 Å². The largest absolute Gasteiger partial charge is 0.493 e. The van der Waals surface area contributed by atoms with Gasteiger partial charge in [-0.25, -0.2) is 9.78 Å². The predicted octanol–water partition coefficient (Wildman–Crippen LogP) is 3.64. The molecule has 1 unspecified atom stereocenters. The molecule has 1 aliphatic heterocycles. The van der Waals surface area contributed by atoms with E-state index in [9.17, 15) is 9.59 Å². The van der Waals surface area contributed by atoms with Crippen molar-refractivity contribution in [2.24, 2.45) is 0 Å². The second-order valence-electron chi connectivity index (χ2n) is 6.85. The van der Waals surface area contributed by atoms with E-state index in [4.69, 9.17) is 18.9 Å². The van der Waals surface area contributed by atoms with E-state index in [-0.39, 0.29) is 11.5 Å². The number of carbonyl (C=O) groups excluding carboxylic acids is 2. The summed E-state index contributed by atoms with van der Waals surface area (Å²) in [6.07, 6.45) is 1.07. The molecule has 9 heteroatoms. The Morgan fingerprint density at radius 3 is 2.53 bits per heavy atom. The van der Waals surface area contributed by atoms with Gasteiger partial charge in [-0.1, -0.05) is 0 Å². The number of aromatic nitrogens is 1. The van der Waals surface area contributed by atoms with E-state index in [1.165, 1.54) is 27.4 Å². The van der Waals surface area contributed by atoms with Crippen molar-refractivity contribution in [3.05, 3.63) is 71.4 Å². The number of rotatable bonds is 6. The Bertz CT molecular complexity index is 1160. The van der Waals surface area contributed by atoms with Gasteiger partial charge in [0.15, 0.2) is 29.3 Å². The molecule has 3 aromatic rings. The van der Waals surface area contributed by atoms with Crippen LogP contribution in [-0.2, 0) is 4.74 Å². The highest BCUT2D eigenvalue weighted by Gasteiger charge is 2.26. The fraction of sp³-hybridized carbons (Fsp3) is 0.174. The maximum Gasteiger partial charge on any atom is 0.337 e. The number of pyridine rings is 1. The minimum absolute atomic E-state index is 0.266. The maximum absolute atomic E-state index is 12.9. The van der Waals surface area contributed by atoms with E-state index >= 15 is 0 Å². The Morgan fingerprint density at radius 1 is 1.00 bits per heavy atom.